The van der Waals surface area contributed by atoms with E-state index in [1.807, 2.05) is 30.3 Å². The van der Waals surface area contributed by atoms with Crippen molar-refractivity contribution in [3.05, 3.63) is 99.9 Å². The van der Waals surface area contributed by atoms with Crippen LogP contribution in [0.5, 0.6) is 11.5 Å². The van der Waals surface area contributed by atoms with E-state index in [-0.39, 0.29) is 34.1 Å². The molecule has 3 aromatic carbocycles. The molecule has 0 bridgehead atoms. The van der Waals surface area contributed by atoms with Crippen LogP contribution in [0.25, 0.3) is 11.0 Å². The van der Waals surface area contributed by atoms with Crippen molar-refractivity contribution in [2.24, 2.45) is 0 Å². The van der Waals surface area contributed by atoms with Crippen LogP contribution < -0.4 is 15.1 Å². The Labute approximate surface area is 202 Å². The van der Waals surface area contributed by atoms with Crippen LogP contribution in [0, 0.1) is 6.92 Å². The van der Waals surface area contributed by atoms with Gasteiger partial charge < -0.3 is 13.9 Å². The summed E-state index contributed by atoms with van der Waals surface area (Å²) >= 11 is 0. The van der Waals surface area contributed by atoms with Crippen molar-refractivity contribution in [1.82, 2.24) is 4.31 Å². The highest BCUT2D eigenvalue weighted by atomic mass is 32.2. The van der Waals surface area contributed by atoms with Gasteiger partial charge in [-0.2, -0.15) is 4.31 Å². The van der Waals surface area contributed by atoms with E-state index in [9.17, 15) is 18.0 Å². The highest BCUT2D eigenvalue weighted by molar-refractivity contribution is 7.89. The molecule has 0 fully saturated rings. The summed E-state index contributed by atoms with van der Waals surface area (Å²) in [6.45, 7) is 1.92. The third-order valence-electron chi connectivity index (χ3n) is 5.47. The fraction of sp³-hybridized carbons (Fsp3) is 0.154. The number of esters is 1. The lowest BCUT2D eigenvalue weighted by atomic mass is 10.1. The van der Waals surface area contributed by atoms with E-state index in [0.29, 0.717) is 5.39 Å². The zero-order valence-electron chi connectivity index (χ0n) is 19.3. The predicted molar refractivity (Wildman–Crippen MR) is 130 cm³/mol. The van der Waals surface area contributed by atoms with Gasteiger partial charge in [0.25, 0.3) is 0 Å². The molecule has 1 aromatic heterocycles. The summed E-state index contributed by atoms with van der Waals surface area (Å²) in [5.74, 6) is -0.522. The van der Waals surface area contributed by atoms with Gasteiger partial charge in [-0.15, -0.1) is 0 Å². The Morgan fingerprint density at radius 2 is 1.74 bits per heavy atom. The number of hydrogen-bond acceptors (Lipinski definition) is 7. The van der Waals surface area contributed by atoms with Gasteiger partial charge in [-0.3, -0.25) is 0 Å². The summed E-state index contributed by atoms with van der Waals surface area (Å²) in [7, 11) is -1.18. The third-order valence-corrected chi connectivity index (χ3v) is 7.29. The smallest absolute Gasteiger partial charge is 0.343 e. The van der Waals surface area contributed by atoms with Crippen LogP contribution in [0.3, 0.4) is 0 Å². The molecular weight excluding hydrogens is 470 g/mol. The van der Waals surface area contributed by atoms with Crippen molar-refractivity contribution in [1.29, 1.82) is 0 Å². The summed E-state index contributed by atoms with van der Waals surface area (Å²) in [5, 5.41) is 0.712. The molecule has 4 aromatic rings. The molecule has 0 saturated heterocycles. The molecule has 0 N–H and O–H groups in total. The summed E-state index contributed by atoms with van der Waals surface area (Å²) in [4.78, 5) is 24.4. The molecule has 8 nitrogen and oxygen atoms in total. The Morgan fingerprint density at radius 1 is 1.00 bits per heavy atom. The lowest BCUT2D eigenvalue weighted by Gasteiger charge is -2.19. The lowest BCUT2D eigenvalue weighted by molar-refractivity contribution is 0.0734. The van der Waals surface area contributed by atoms with E-state index in [0.717, 1.165) is 11.1 Å². The molecular formula is C26H23NO7S. The van der Waals surface area contributed by atoms with Crippen molar-refractivity contribution in [3.63, 3.8) is 0 Å². The van der Waals surface area contributed by atoms with Gasteiger partial charge in [0.15, 0.2) is 0 Å². The zero-order valence-corrected chi connectivity index (χ0v) is 20.2. The maximum atomic E-state index is 13.3. The van der Waals surface area contributed by atoms with Crippen molar-refractivity contribution < 1.29 is 27.1 Å². The standard InChI is InChI=1S/C26H23NO7S/c1-17-13-25(28)34-23-15-20(10-11-21(17)23)33-26(29)19-9-12-22(32-3)24(14-19)35(30,31)27(2)16-18-7-5-4-6-8-18/h4-15H,16H2,1-3H3. The SMILES string of the molecule is COc1ccc(C(=O)Oc2ccc3c(C)cc(=O)oc3c2)cc1S(=O)(=O)N(C)Cc1ccccc1. The average molecular weight is 494 g/mol. The number of carbonyl (C=O) groups excluding carboxylic acids is 1. The normalized spacial score (nSPS) is 11.5. The zero-order chi connectivity index (χ0) is 25.2. The van der Waals surface area contributed by atoms with Crippen molar-refractivity contribution in [3.8, 4) is 11.5 Å². The second-order valence-corrected chi connectivity index (χ2v) is 9.92. The summed E-state index contributed by atoms with van der Waals surface area (Å²) in [6, 6.07) is 19.3. The van der Waals surface area contributed by atoms with Gasteiger partial charge in [0.05, 0.1) is 12.7 Å². The minimum absolute atomic E-state index is 0.0169. The van der Waals surface area contributed by atoms with E-state index < -0.39 is 21.6 Å². The predicted octanol–water partition coefficient (Wildman–Crippen LogP) is 4.15. The number of carbonyl (C=O) groups is 1. The highest BCUT2D eigenvalue weighted by Gasteiger charge is 2.27. The largest absolute Gasteiger partial charge is 0.495 e. The van der Waals surface area contributed by atoms with Gasteiger partial charge in [-0.25, -0.2) is 18.0 Å². The molecule has 0 spiro atoms. The summed E-state index contributed by atoms with van der Waals surface area (Å²) in [6.07, 6.45) is 0. The molecule has 0 unspecified atom stereocenters. The first kappa shape index (κ1) is 24.2. The van der Waals surface area contributed by atoms with Gasteiger partial charge in [-0.05, 0) is 48.4 Å². The van der Waals surface area contributed by atoms with Crippen molar-refractivity contribution in [2.45, 2.75) is 18.4 Å². The molecule has 0 radical (unpaired) electrons. The second kappa shape index (κ2) is 9.73. The summed E-state index contributed by atoms with van der Waals surface area (Å²) in [5.41, 5.74) is 1.33. The minimum atomic E-state index is -4.00. The van der Waals surface area contributed by atoms with Crippen LogP contribution in [0.1, 0.15) is 21.5 Å². The number of sulfonamides is 1. The van der Waals surface area contributed by atoms with E-state index >= 15 is 0 Å². The topological polar surface area (TPSA) is 103 Å². The first-order valence-electron chi connectivity index (χ1n) is 10.6. The van der Waals surface area contributed by atoms with Crippen molar-refractivity contribution >= 4 is 27.0 Å². The van der Waals surface area contributed by atoms with Crippen LogP contribution in [0.2, 0.25) is 0 Å². The van der Waals surface area contributed by atoms with Gasteiger partial charge in [0.2, 0.25) is 10.0 Å². The maximum Gasteiger partial charge on any atom is 0.343 e. The Morgan fingerprint density at radius 3 is 2.46 bits per heavy atom. The Balaban J connectivity index is 1.63. The molecule has 0 saturated carbocycles. The molecule has 180 valence electrons. The van der Waals surface area contributed by atoms with Crippen molar-refractivity contribution in [2.75, 3.05) is 14.2 Å². The molecule has 0 atom stereocenters. The van der Waals surface area contributed by atoms with E-state index in [4.69, 9.17) is 13.9 Å². The molecule has 0 amide bonds. The Kier molecular flexibility index (Phi) is 6.72. The number of ether oxygens (including phenoxy) is 2. The number of benzene rings is 3. The number of hydrogen-bond donors (Lipinski definition) is 0. The summed E-state index contributed by atoms with van der Waals surface area (Å²) < 4.78 is 43.7. The third kappa shape index (κ3) is 5.11. The van der Waals surface area contributed by atoms with Gasteiger partial charge in [0.1, 0.15) is 22.0 Å². The van der Waals surface area contributed by atoms with E-state index in [1.54, 1.807) is 19.1 Å². The molecule has 4 rings (SSSR count). The molecule has 9 heteroatoms. The van der Waals surface area contributed by atoms with Crippen LogP contribution in [-0.4, -0.2) is 32.8 Å². The Hall–Kier alpha value is -3.95. The lowest BCUT2D eigenvalue weighted by Crippen LogP contribution is -2.27. The van der Waals surface area contributed by atoms with Gasteiger partial charge >= 0.3 is 11.6 Å². The fourth-order valence-corrected chi connectivity index (χ4v) is 4.97. The number of aryl methyl sites for hydroxylation is 1. The Bertz CT molecular complexity index is 1560. The molecule has 1 heterocycles. The van der Waals surface area contributed by atoms with Crippen LogP contribution in [0.15, 0.2) is 86.9 Å². The second-order valence-electron chi connectivity index (χ2n) is 7.91. The molecule has 35 heavy (non-hydrogen) atoms. The number of nitrogens with zero attached hydrogens (tertiary/aromatic N) is 1. The maximum absolute atomic E-state index is 13.3. The first-order chi connectivity index (χ1) is 16.7. The number of fused-ring (bicyclic) bond motifs is 1. The van der Waals surface area contributed by atoms with E-state index in [2.05, 4.69) is 0 Å². The van der Waals surface area contributed by atoms with Crippen LogP contribution in [0.4, 0.5) is 0 Å². The fourth-order valence-electron chi connectivity index (χ4n) is 3.63. The van der Waals surface area contributed by atoms with Gasteiger partial charge in [-0.1, -0.05) is 30.3 Å². The van der Waals surface area contributed by atoms with E-state index in [1.165, 1.54) is 48.8 Å². The first-order valence-corrected chi connectivity index (χ1v) is 12.1. The number of rotatable bonds is 7. The molecule has 0 aliphatic carbocycles. The molecule has 0 aliphatic heterocycles. The molecule has 0 aliphatic rings. The average Bonchev–Trinajstić information content (AvgIpc) is 2.83. The van der Waals surface area contributed by atoms with Gasteiger partial charge in [0, 0.05) is 31.1 Å². The minimum Gasteiger partial charge on any atom is -0.495 e. The van der Waals surface area contributed by atoms with Crippen LogP contribution >= 0.6 is 0 Å². The number of methoxy groups -OCH3 is 1. The highest BCUT2D eigenvalue weighted by Crippen LogP contribution is 2.29. The monoisotopic (exact) mass is 493 g/mol. The van der Waals surface area contributed by atoms with Crippen LogP contribution in [-0.2, 0) is 16.6 Å². The quantitative estimate of drug-likeness (QED) is 0.216.